The van der Waals surface area contributed by atoms with E-state index in [1.165, 1.54) is 0 Å². The summed E-state index contributed by atoms with van der Waals surface area (Å²) in [5, 5.41) is 0. The van der Waals surface area contributed by atoms with Crippen LogP contribution < -0.4 is 4.43 Å². The van der Waals surface area contributed by atoms with Crippen LogP contribution in [0.5, 0.6) is 5.75 Å². The summed E-state index contributed by atoms with van der Waals surface area (Å²) in [7, 11) is -1.10. The maximum absolute atomic E-state index is 5.82. The number of rotatable bonds is 4. The van der Waals surface area contributed by atoms with Gasteiger partial charge in [0.25, 0.3) is 0 Å². The Morgan fingerprint density at radius 2 is 2.06 bits per heavy atom. The van der Waals surface area contributed by atoms with Gasteiger partial charge in [0.1, 0.15) is 11.4 Å². The van der Waals surface area contributed by atoms with Crippen molar-refractivity contribution in [2.45, 2.75) is 13.1 Å². The number of nitrogens with zero attached hydrogens (tertiary/aromatic N) is 1. The van der Waals surface area contributed by atoms with Crippen molar-refractivity contribution in [2.75, 3.05) is 0 Å². The first-order valence-electron chi connectivity index (χ1n) is 5.57. The van der Waals surface area contributed by atoms with Crippen LogP contribution in [0.3, 0.4) is 0 Å². The van der Waals surface area contributed by atoms with Crippen LogP contribution in [0.4, 0.5) is 5.69 Å². The molecular weight excluding hydrogens is 230 g/mol. The molecule has 2 rings (SSSR count). The molecule has 17 heavy (non-hydrogen) atoms. The number of para-hydroxylation sites is 2. The van der Waals surface area contributed by atoms with Gasteiger partial charge in [0.15, 0.2) is 0 Å². The van der Waals surface area contributed by atoms with Gasteiger partial charge in [-0.05, 0) is 31.3 Å². The number of hydrogen-bond acceptors (Lipinski definition) is 3. The first-order valence-corrected chi connectivity index (χ1v) is 8.36. The van der Waals surface area contributed by atoms with Crippen molar-refractivity contribution in [3.8, 4) is 5.75 Å². The zero-order valence-electron chi connectivity index (χ0n) is 9.96. The van der Waals surface area contributed by atoms with Crippen LogP contribution in [0.1, 0.15) is 5.56 Å². The predicted molar refractivity (Wildman–Crippen MR) is 71.9 cm³/mol. The topological polar surface area (TPSA) is 34.7 Å². The van der Waals surface area contributed by atoms with Gasteiger partial charge in [-0.3, -0.25) is 4.99 Å². The molecule has 1 heterocycles. The molecule has 0 saturated heterocycles. The van der Waals surface area contributed by atoms with Gasteiger partial charge in [-0.2, -0.15) is 0 Å². The van der Waals surface area contributed by atoms with Crippen LogP contribution >= 0.6 is 0 Å². The standard InChI is InChI=1S/C13H15NO2Si/c1-17(2)16-13-6-4-3-5-12(13)14-9-11-7-8-15-10-11/h3-10,17H,1-2H3. The fourth-order valence-corrected chi connectivity index (χ4v) is 2.12. The van der Waals surface area contributed by atoms with E-state index in [0.29, 0.717) is 0 Å². The van der Waals surface area contributed by atoms with Crippen LogP contribution in [0, 0.1) is 0 Å². The molecule has 0 aliphatic heterocycles. The molecule has 1 aromatic carbocycles. The summed E-state index contributed by atoms with van der Waals surface area (Å²) < 4.78 is 10.8. The molecule has 0 unspecified atom stereocenters. The van der Waals surface area contributed by atoms with Crippen LogP contribution in [-0.2, 0) is 0 Å². The highest BCUT2D eigenvalue weighted by atomic mass is 28.3. The Morgan fingerprint density at radius 3 is 2.76 bits per heavy atom. The average molecular weight is 245 g/mol. The Kier molecular flexibility index (Phi) is 3.77. The minimum Gasteiger partial charge on any atom is -0.546 e. The summed E-state index contributed by atoms with van der Waals surface area (Å²) in [5.74, 6) is 0.855. The summed E-state index contributed by atoms with van der Waals surface area (Å²) in [6.07, 6.45) is 5.06. The maximum atomic E-state index is 5.82. The van der Waals surface area contributed by atoms with Crippen LogP contribution in [0.2, 0.25) is 13.1 Å². The molecule has 0 amide bonds. The first-order chi connectivity index (χ1) is 8.25. The maximum Gasteiger partial charge on any atom is 0.229 e. The van der Waals surface area contributed by atoms with E-state index in [1.807, 2.05) is 30.3 Å². The summed E-state index contributed by atoms with van der Waals surface area (Å²) >= 11 is 0. The second kappa shape index (κ2) is 5.50. The molecule has 0 N–H and O–H groups in total. The van der Waals surface area contributed by atoms with Crippen molar-refractivity contribution in [3.05, 3.63) is 48.4 Å². The largest absolute Gasteiger partial charge is 0.546 e. The van der Waals surface area contributed by atoms with E-state index in [2.05, 4.69) is 18.1 Å². The molecule has 3 nitrogen and oxygen atoms in total. The quantitative estimate of drug-likeness (QED) is 0.611. The third kappa shape index (κ3) is 3.32. The number of aliphatic imine (C=N–C) groups is 1. The third-order valence-corrected chi connectivity index (χ3v) is 2.85. The van der Waals surface area contributed by atoms with E-state index in [0.717, 1.165) is 17.0 Å². The SMILES string of the molecule is C[SiH](C)Oc1ccccc1N=Cc1ccoc1. The second-order valence-corrected chi connectivity index (χ2v) is 6.28. The summed E-state index contributed by atoms with van der Waals surface area (Å²) in [6, 6.07) is 9.68. The van der Waals surface area contributed by atoms with E-state index in [4.69, 9.17) is 8.84 Å². The average Bonchev–Trinajstić information content (AvgIpc) is 2.80. The molecule has 0 atom stereocenters. The van der Waals surface area contributed by atoms with Crippen molar-refractivity contribution in [1.29, 1.82) is 0 Å². The molecule has 0 fully saturated rings. The lowest BCUT2D eigenvalue weighted by atomic mass is 10.3. The molecule has 0 spiro atoms. The van der Waals surface area contributed by atoms with Crippen LogP contribution in [-0.4, -0.2) is 15.3 Å². The molecule has 2 aromatic rings. The summed E-state index contributed by atoms with van der Waals surface area (Å²) in [6.45, 7) is 4.27. The fourth-order valence-electron chi connectivity index (χ4n) is 1.41. The van der Waals surface area contributed by atoms with E-state index in [1.54, 1.807) is 18.7 Å². The summed E-state index contributed by atoms with van der Waals surface area (Å²) in [5.41, 5.74) is 1.80. The monoisotopic (exact) mass is 245 g/mol. The second-order valence-electron chi connectivity index (χ2n) is 3.95. The van der Waals surface area contributed by atoms with Gasteiger partial charge < -0.3 is 8.84 Å². The smallest absolute Gasteiger partial charge is 0.229 e. The van der Waals surface area contributed by atoms with Crippen molar-refractivity contribution in [1.82, 2.24) is 0 Å². The van der Waals surface area contributed by atoms with Gasteiger partial charge in [0.2, 0.25) is 9.04 Å². The van der Waals surface area contributed by atoms with E-state index in [9.17, 15) is 0 Å². The molecule has 1 aromatic heterocycles. The molecule has 4 heteroatoms. The van der Waals surface area contributed by atoms with Crippen molar-refractivity contribution in [3.63, 3.8) is 0 Å². The molecule has 0 saturated carbocycles. The zero-order chi connectivity index (χ0) is 12.1. The van der Waals surface area contributed by atoms with Gasteiger partial charge in [-0.15, -0.1) is 0 Å². The number of furan rings is 1. The molecule has 0 bridgehead atoms. The third-order valence-electron chi connectivity index (χ3n) is 2.12. The fraction of sp³-hybridized carbons (Fsp3) is 0.154. The van der Waals surface area contributed by atoms with Gasteiger partial charge in [-0.1, -0.05) is 12.1 Å². The van der Waals surface area contributed by atoms with Gasteiger partial charge in [0.05, 0.1) is 12.5 Å². The predicted octanol–water partition coefficient (Wildman–Crippen LogP) is 3.39. The minimum atomic E-state index is -1.10. The lowest BCUT2D eigenvalue weighted by Gasteiger charge is -2.10. The van der Waals surface area contributed by atoms with Gasteiger partial charge >= 0.3 is 0 Å². The van der Waals surface area contributed by atoms with E-state index < -0.39 is 9.04 Å². The Hall–Kier alpha value is -1.81. The molecule has 88 valence electrons. The summed E-state index contributed by atoms with van der Waals surface area (Å²) in [4.78, 5) is 4.41. The lowest BCUT2D eigenvalue weighted by Crippen LogP contribution is -2.11. The van der Waals surface area contributed by atoms with Crippen molar-refractivity contribution in [2.24, 2.45) is 4.99 Å². The van der Waals surface area contributed by atoms with Crippen molar-refractivity contribution < 1.29 is 8.84 Å². The molecule has 0 radical (unpaired) electrons. The Labute approximate surface area is 102 Å². The lowest BCUT2D eigenvalue weighted by molar-refractivity contribution is 0.567. The normalized spacial score (nSPS) is 11.2. The van der Waals surface area contributed by atoms with Crippen LogP contribution in [0.15, 0.2) is 52.3 Å². The minimum absolute atomic E-state index is 0.855. The van der Waals surface area contributed by atoms with Crippen molar-refractivity contribution >= 4 is 20.9 Å². The molecular formula is C13H15NO2Si. The highest BCUT2D eigenvalue weighted by Gasteiger charge is 2.03. The molecule has 0 aliphatic rings. The van der Waals surface area contributed by atoms with Crippen LogP contribution in [0.25, 0.3) is 0 Å². The highest BCUT2D eigenvalue weighted by molar-refractivity contribution is 6.49. The number of hydrogen-bond donors (Lipinski definition) is 0. The Balaban J connectivity index is 2.20. The van der Waals surface area contributed by atoms with Gasteiger partial charge in [-0.25, -0.2) is 0 Å². The van der Waals surface area contributed by atoms with E-state index >= 15 is 0 Å². The van der Waals surface area contributed by atoms with E-state index in [-0.39, 0.29) is 0 Å². The zero-order valence-corrected chi connectivity index (χ0v) is 11.1. The Morgan fingerprint density at radius 1 is 1.24 bits per heavy atom. The molecule has 0 aliphatic carbocycles. The first kappa shape index (κ1) is 11.7. The number of benzene rings is 1. The Bertz CT molecular complexity index is 492. The highest BCUT2D eigenvalue weighted by Crippen LogP contribution is 2.27. The van der Waals surface area contributed by atoms with Gasteiger partial charge in [0, 0.05) is 11.8 Å².